The largest absolute Gasteiger partial charge is 0.483 e. The first-order valence-electron chi connectivity index (χ1n) is 8.25. The highest BCUT2D eigenvalue weighted by molar-refractivity contribution is 7.22. The Hall–Kier alpha value is -3.45. The first-order chi connectivity index (χ1) is 13.2. The summed E-state index contributed by atoms with van der Waals surface area (Å²) in [6, 6.07) is 18.4. The molecule has 6 nitrogen and oxygen atoms in total. The molecule has 0 radical (unpaired) electrons. The topological polar surface area (TPSA) is 84.1 Å². The Morgan fingerprint density at radius 1 is 1.11 bits per heavy atom. The number of thiazole rings is 1. The van der Waals surface area contributed by atoms with Crippen LogP contribution in [0.5, 0.6) is 5.75 Å². The van der Waals surface area contributed by atoms with Gasteiger partial charge in [0.2, 0.25) is 5.43 Å². The van der Waals surface area contributed by atoms with E-state index in [1.807, 2.05) is 54.6 Å². The Kier molecular flexibility index (Phi) is 4.67. The molecule has 0 bridgehead atoms. The lowest BCUT2D eigenvalue weighted by Crippen LogP contribution is -2.17. The number of nitrogens with one attached hydrogen (secondary N) is 2. The van der Waals surface area contributed by atoms with E-state index in [0.717, 1.165) is 15.8 Å². The molecule has 0 spiro atoms. The van der Waals surface area contributed by atoms with E-state index in [4.69, 9.17) is 4.74 Å². The molecular formula is C20H15N3O3S. The molecule has 2 aromatic carbocycles. The summed E-state index contributed by atoms with van der Waals surface area (Å²) < 4.78 is 6.51. The number of para-hydroxylation sites is 1. The van der Waals surface area contributed by atoms with E-state index in [-0.39, 0.29) is 23.5 Å². The van der Waals surface area contributed by atoms with Gasteiger partial charge in [0.15, 0.2) is 10.9 Å². The summed E-state index contributed by atoms with van der Waals surface area (Å²) in [4.78, 5) is 31.8. The standard InChI is InChI=1S/C20H15N3O3S/c24-16-10-15(21-11-17(16)26-12-13-6-2-1-3-7-13)19(25)23-20-22-14-8-4-5-9-18(14)27-20/h1-11H,12H2,(H,21,24)(H,22,23,25). The number of H-pyrrole nitrogens is 1. The molecule has 134 valence electrons. The van der Waals surface area contributed by atoms with Gasteiger partial charge in [0.1, 0.15) is 12.3 Å². The first-order valence-corrected chi connectivity index (χ1v) is 9.07. The second-order valence-electron chi connectivity index (χ2n) is 5.79. The number of hydrogen-bond acceptors (Lipinski definition) is 5. The van der Waals surface area contributed by atoms with Crippen molar-refractivity contribution in [2.24, 2.45) is 0 Å². The number of fused-ring (bicyclic) bond motifs is 1. The van der Waals surface area contributed by atoms with Crippen molar-refractivity contribution in [2.75, 3.05) is 5.32 Å². The third-order valence-electron chi connectivity index (χ3n) is 3.87. The van der Waals surface area contributed by atoms with Crippen molar-refractivity contribution in [1.29, 1.82) is 0 Å². The number of carbonyl (C=O) groups excluding carboxylic acids is 1. The summed E-state index contributed by atoms with van der Waals surface area (Å²) in [5.74, 6) is -0.267. The van der Waals surface area contributed by atoms with Crippen LogP contribution in [0, 0.1) is 0 Å². The zero-order valence-electron chi connectivity index (χ0n) is 14.1. The molecule has 7 heteroatoms. The number of hydrogen-bond donors (Lipinski definition) is 2. The van der Waals surface area contributed by atoms with Crippen LogP contribution in [0.3, 0.4) is 0 Å². The summed E-state index contributed by atoms with van der Waals surface area (Å²) in [6.45, 7) is 0.279. The summed E-state index contributed by atoms with van der Waals surface area (Å²) in [5.41, 5.74) is 1.55. The van der Waals surface area contributed by atoms with Gasteiger partial charge in [0, 0.05) is 12.3 Å². The van der Waals surface area contributed by atoms with Crippen LogP contribution in [-0.2, 0) is 6.61 Å². The molecular weight excluding hydrogens is 362 g/mol. The lowest BCUT2D eigenvalue weighted by molar-refractivity contribution is 0.102. The average molecular weight is 377 g/mol. The van der Waals surface area contributed by atoms with Crippen molar-refractivity contribution in [3.8, 4) is 5.75 Å². The molecule has 0 aliphatic rings. The summed E-state index contributed by atoms with van der Waals surface area (Å²) in [6.07, 6.45) is 1.40. The lowest BCUT2D eigenvalue weighted by atomic mass is 10.2. The van der Waals surface area contributed by atoms with E-state index in [2.05, 4.69) is 15.3 Å². The van der Waals surface area contributed by atoms with Gasteiger partial charge < -0.3 is 9.72 Å². The molecule has 2 aromatic heterocycles. The SMILES string of the molecule is O=C(Nc1nc2ccccc2s1)c1cc(=O)c(OCc2ccccc2)c[nH]1. The minimum atomic E-state index is -0.430. The first kappa shape index (κ1) is 17.0. The van der Waals surface area contributed by atoms with Gasteiger partial charge in [-0.2, -0.15) is 0 Å². The van der Waals surface area contributed by atoms with Crippen LogP contribution < -0.4 is 15.5 Å². The smallest absolute Gasteiger partial charge is 0.273 e. The van der Waals surface area contributed by atoms with Crippen LogP contribution in [0.15, 0.2) is 71.7 Å². The quantitative estimate of drug-likeness (QED) is 0.554. The predicted molar refractivity (Wildman–Crippen MR) is 105 cm³/mol. The molecule has 0 aliphatic carbocycles. The second-order valence-corrected chi connectivity index (χ2v) is 6.82. The van der Waals surface area contributed by atoms with Gasteiger partial charge in [0.25, 0.3) is 5.91 Å². The van der Waals surface area contributed by atoms with Gasteiger partial charge in [-0.3, -0.25) is 14.9 Å². The molecule has 4 aromatic rings. The van der Waals surface area contributed by atoms with Crippen molar-refractivity contribution < 1.29 is 9.53 Å². The third-order valence-corrected chi connectivity index (χ3v) is 4.83. The molecule has 0 saturated carbocycles. The van der Waals surface area contributed by atoms with E-state index in [9.17, 15) is 9.59 Å². The van der Waals surface area contributed by atoms with Crippen molar-refractivity contribution in [1.82, 2.24) is 9.97 Å². The zero-order valence-corrected chi connectivity index (χ0v) is 15.0. The number of nitrogens with zero attached hydrogens (tertiary/aromatic N) is 1. The molecule has 0 unspecified atom stereocenters. The maximum absolute atomic E-state index is 12.4. The highest BCUT2D eigenvalue weighted by Crippen LogP contribution is 2.25. The number of aromatic nitrogens is 2. The number of anilines is 1. The zero-order chi connectivity index (χ0) is 18.6. The van der Waals surface area contributed by atoms with Crippen molar-refractivity contribution in [3.63, 3.8) is 0 Å². The normalized spacial score (nSPS) is 10.7. The van der Waals surface area contributed by atoms with Gasteiger partial charge in [0.05, 0.1) is 10.2 Å². The van der Waals surface area contributed by atoms with Crippen LogP contribution >= 0.6 is 11.3 Å². The minimum Gasteiger partial charge on any atom is -0.483 e. The van der Waals surface area contributed by atoms with Gasteiger partial charge in [-0.15, -0.1) is 0 Å². The lowest BCUT2D eigenvalue weighted by Gasteiger charge is -2.07. The number of carbonyl (C=O) groups is 1. The van der Waals surface area contributed by atoms with Crippen molar-refractivity contribution in [2.45, 2.75) is 6.61 Å². The Bertz CT molecular complexity index is 1120. The fourth-order valence-electron chi connectivity index (χ4n) is 2.53. The fourth-order valence-corrected chi connectivity index (χ4v) is 3.39. The maximum Gasteiger partial charge on any atom is 0.273 e. The summed E-state index contributed by atoms with van der Waals surface area (Å²) in [5, 5.41) is 3.19. The number of rotatable bonds is 5. The molecule has 0 saturated heterocycles. The highest BCUT2D eigenvalue weighted by Gasteiger charge is 2.12. The van der Waals surface area contributed by atoms with E-state index in [1.165, 1.54) is 23.6 Å². The molecule has 27 heavy (non-hydrogen) atoms. The van der Waals surface area contributed by atoms with Crippen molar-refractivity contribution in [3.05, 3.63) is 88.3 Å². The van der Waals surface area contributed by atoms with E-state index >= 15 is 0 Å². The summed E-state index contributed by atoms with van der Waals surface area (Å²) in [7, 11) is 0. The summed E-state index contributed by atoms with van der Waals surface area (Å²) >= 11 is 1.37. The maximum atomic E-state index is 12.4. The second kappa shape index (κ2) is 7.43. The van der Waals surface area contributed by atoms with Gasteiger partial charge in [-0.1, -0.05) is 53.8 Å². The van der Waals surface area contributed by atoms with E-state index < -0.39 is 5.91 Å². The van der Waals surface area contributed by atoms with Crippen LogP contribution in [-0.4, -0.2) is 15.9 Å². The Labute approximate surface area is 158 Å². The van der Waals surface area contributed by atoms with Gasteiger partial charge in [-0.05, 0) is 17.7 Å². The van der Waals surface area contributed by atoms with Crippen LogP contribution in [0.2, 0.25) is 0 Å². The van der Waals surface area contributed by atoms with E-state index in [1.54, 1.807) is 0 Å². The molecule has 2 heterocycles. The minimum absolute atomic E-state index is 0.145. The Morgan fingerprint density at radius 2 is 1.89 bits per heavy atom. The van der Waals surface area contributed by atoms with Gasteiger partial charge >= 0.3 is 0 Å². The molecule has 2 N–H and O–H groups in total. The van der Waals surface area contributed by atoms with Crippen LogP contribution in [0.25, 0.3) is 10.2 Å². The van der Waals surface area contributed by atoms with Crippen LogP contribution in [0.1, 0.15) is 16.1 Å². The highest BCUT2D eigenvalue weighted by atomic mass is 32.1. The molecule has 0 atom stereocenters. The Balaban J connectivity index is 1.46. The predicted octanol–water partition coefficient (Wildman–Crippen LogP) is 3.82. The number of ether oxygens (including phenoxy) is 1. The number of pyridine rings is 1. The van der Waals surface area contributed by atoms with Gasteiger partial charge in [-0.25, -0.2) is 4.98 Å². The molecule has 0 aliphatic heterocycles. The average Bonchev–Trinajstić information content (AvgIpc) is 3.10. The molecule has 4 rings (SSSR count). The molecule has 0 fully saturated rings. The number of aromatic amines is 1. The number of benzene rings is 2. The van der Waals surface area contributed by atoms with Crippen LogP contribution in [0.4, 0.5) is 5.13 Å². The third kappa shape index (κ3) is 3.88. The molecule has 1 amide bonds. The van der Waals surface area contributed by atoms with Crippen molar-refractivity contribution >= 4 is 32.6 Å². The fraction of sp³-hybridized carbons (Fsp3) is 0.0500. The monoisotopic (exact) mass is 377 g/mol. The number of amides is 1. The van der Waals surface area contributed by atoms with E-state index in [0.29, 0.717) is 5.13 Å². The Morgan fingerprint density at radius 3 is 2.67 bits per heavy atom.